The van der Waals surface area contributed by atoms with E-state index in [0.717, 1.165) is 24.4 Å². The van der Waals surface area contributed by atoms with Gasteiger partial charge in [-0.15, -0.1) is 0 Å². The molecule has 0 saturated carbocycles. The first-order valence-electron chi connectivity index (χ1n) is 11.8. The number of aromatic nitrogens is 3. The minimum Gasteiger partial charge on any atom is -0.462 e. The van der Waals surface area contributed by atoms with Crippen LogP contribution in [0.25, 0.3) is 11.0 Å². The Kier molecular flexibility index (Phi) is 7.28. The van der Waals surface area contributed by atoms with Crippen LogP contribution in [-0.2, 0) is 9.53 Å². The second-order valence-corrected chi connectivity index (χ2v) is 8.89. The number of imidazole rings is 1. The molecule has 1 fully saturated rings. The Bertz CT molecular complexity index is 1210. The molecular formula is C25H29F2N5O3. The average molecular weight is 486 g/mol. The van der Waals surface area contributed by atoms with Gasteiger partial charge in [-0.2, -0.15) is 0 Å². The molecule has 0 bridgehead atoms. The van der Waals surface area contributed by atoms with Crippen molar-refractivity contribution in [1.29, 1.82) is 0 Å². The lowest BCUT2D eigenvalue weighted by atomic mass is 10.0. The van der Waals surface area contributed by atoms with Gasteiger partial charge in [0.05, 0.1) is 29.5 Å². The predicted molar refractivity (Wildman–Crippen MR) is 127 cm³/mol. The van der Waals surface area contributed by atoms with Gasteiger partial charge in [0.25, 0.3) is 0 Å². The van der Waals surface area contributed by atoms with Crippen LogP contribution < -0.4 is 4.90 Å². The van der Waals surface area contributed by atoms with Gasteiger partial charge in [0.15, 0.2) is 11.6 Å². The van der Waals surface area contributed by atoms with Gasteiger partial charge in [0, 0.05) is 44.5 Å². The van der Waals surface area contributed by atoms with E-state index in [-0.39, 0.29) is 11.8 Å². The molecule has 1 amide bonds. The van der Waals surface area contributed by atoms with Gasteiger partial charge in [0.2, 0.25) is 5.91 Å². The maximum absolute atomic E-state index is 13.9. The van der Waals surface area contributed by atoms with Crippen molar-refractivity contribution in [2.75, 3.05) is 37.7 Å². The number of pyridine rings is 1. The van der Waals surface area contributed by atoms with Crippen LogP contribution >= 0.6 is 0 Å². The third-order valence-electron chi connectivity index (χ3n) is 6.19. The van der Waals surface area contributed by atoms with Gasteiger partial charge in [0.1, 0.15) is 11.9 Å². The summed E-state index contributed by atoms with van der Waals surface area (Å²) in [5.74, 6) is -1.80. The van der Waals surface area contributed by atoms with Crippen LogP contribution in [0.4, 0.5) is 14.6 Å². The number of carbonyl (C=O) groups excluding carboxylic acids is 2. The molecular weight excluding hydrogens is 456 g/mol. The number of nitrogens with zero attached hydrogens (tertiary/aromatic N) is 5. The number of hydrogen-bond donors (Lipinski definition) is 0. The van der Waals surface area contributed by atoms with Crippen LogP contribution in [0.3, 0.4) is 0 Å². The lowest BCUT2D eigenvalue weighted by Gasteiger charge is -2.29. The zero-order valence-corrected chi connectivity index (χ0v) is 20.1. The van der Waals surface area contributed by atoms with Crippen molar-refractivity contribution in [3.8, 4) is 0 Å². The Morgan fingerprint density at radius 2 is 1.83 bits per heavy atom. The molecule has 0 N–H and O–H groups in total. The second-order valence-electron chi connectivity index (χ2n) is 8.89. The fourth-order valence-electron chi connectivity index (χ4n) is 4.43. The lowest BCUT2D eigenvalue weighted by Crippen LogP contribution is -2.41. The number of carbonyl (C=O) groups is 2. The van der Waals surface area contributed by atoms with Crippen molar-refractivity contribution >= 4 is 28.7 Å². The third kappa shape index (κ3) is 5.11. The molecule has 10 heteroatoms. The molecule has 1 aliphatic rings. The topological polar surface area (TPSA) is 80.6 Å². The van der Waals surface area contributed by atoms with Crippen molar-refractivity contribution in [2.24, 2.45) is 5.92 Å². The maximum atomic E-state index is 13.9. The highest BCUT2D eigenvalue weighted by molar-refractivity contribution is 5.89. The zero-order valence-electron chi connectivity index (χ0n) is 20.1. The van der Waals surface area contributed by atoms with Gasteiger partial charge in [-0.05, 0) is 31.4 Å². The molecule has 0 aliphatic carbocycles. The summed E-state index contributed by atoms with van der Waals surface area (Å²) in [6.07, 6.45) is 3.72. The number of amides is 1. The summed E-state index contributed by atoms with van der Waals surface area (Å²) < 4.78 is 34.2. The van der Waals surface area contributed by atoms with Crippen LogP contribution in [0.1, 0.15) is 43.6 Å². The summed E-state index contributed by atoms with van der Waals surface area (Å²) >= 11 is 0. The fraction of sp³-hybridized carbons (Fsp3) is 0.440. The maximum Gasteiger partial charge on any atom is 0.339 e. The number of rotatable bonds is 6. The molecule has 2 aromatic heterocycles. The van der Waals surface area contributed by atoms with Crippen molar-refractivity contribution in [3.63, 3.8) is 0 Å². The van der Waals surface area contributed by atoms with E-state index in [2.05, 4.69) is 14.9 Å². The van der Waals surface area contributed by atoms with Gasteiger partial charge in [-0.25, -0.2) is 23.5 Å². The largest absolute Gasteiger partial charge is 0.462 e. The van der Waals surface area contributed by atoms with E-state index < -0.39 is 23.6 Å². The van der Waals surface area contributed by atoms with Crippen molar-refractivity contribution in [3.05, 3.63) is 54.0 Å². The van der Waals surface area contributed by atoms with E-state index >= 15 is 0 Å². The molecule has 1 saturated heterocycles. The molecule has 1 aromatic carbocycles. The molecule has 0 radical (unpaired) electrons. The minimum absolute atomic E-state index is 0.0866. The molecule has 186 valence electrons. The Hall–Kier alpha value is -3.56. The molecule has 3 aromatic rings. The van der Waals surface area contributed by atoms with Gasteiger partial charge in [-0.3, -0.25) is 4.79 Å². The van der Waals surface area contributed by atoms with E-state index in [0.29, 0.717) is 49.4 Å². The lowest BCUT2D eigenvalue weighted by molar-refractivity contribution is -0.135. The van der Waals surface area contributed by atoms with E-state index in [1.807, 2.05) is 18.7 Å². The Labute approximate surface area is 202 Å². The van der Waals surface area contributed by atoms with E-state index in [1.165, 1.54) is 12.5 Å². The fourth-order valence-corrected chi connectivity index (χ4v) is 4.43. The number of hydrogen-bond acceptors (Lipinski definition) is 6. The monoisotopic (exact) mass is 485 g/mol. The summed E-state index contributed by atoms with van der Waals surface area (Å²) in [5, 5.41) is 0. The number of anilines is 1. The normalized spacial score (nSPS) is 15.4. The number of ether oxygens (including phenoxy) is 1. The molecule has 0 spiro atoms. The summed E-state index contributed by atoms with van der Waals surface area (Å²) in [6, 6.07) is 5.02. The number of esters is 1. The van der Waals surface area contributed by atoms with Crippen molar-refractivity contribution in [1.82, 2.24) is 19.4 Å². The number of halogens is 2. The first kappa shape index (κ1) is 24.6. The molecule has 3 heterocycles. The molecule has 1 atom stereocenters. The van der Waals surface area contributed by atoms with Crippen LogP contribution in [0.2, 0.25) is 0 Å². The van der Waals surface area contributed by atoms with Crippen LogP contribution in [-0.4, -0.2) is 64.1 Å². The third-order valence-corrected chi connectivity index (χ3v) is 6.19. The Morgan fingerprint density at radius 1 is 1.06 bits per heavy atom. The van der Waals surface area contributed by atoms with Gasteiger partial charge >= 0.3 is 5.97 Å². The zero-order chi connectivity index (χ0) is 25.1. The Balaban J connectivity index is 1.50. The number of fused-ring (bicyclic) bond motifs is 1. The second kappa shape index (κ2) is 10.4. The average Bonchev–Trinajstić information content (AvgIpc) is 3.06. The summed E-state index contributed by atoms with van der Waals surface area (Å²) in [4.78, 5) is 38.0. The molecule has 35 heavy (non-hydrogen) atoms. The van der Waals surface area contributed by atoms with Crippen LogP contribution in [0.5, 0.6) is 0 Å². The smallest absolute Gasteiger partial charge is 0.339 e. The molecule has 8 nitrogen and oxygen atoms in total. The molecule has 1 aliphatic heterocycles. The highest BCUT2D eigenvalue weighted by atomic mass is 19.2. The standard InChI is InChI=1S/C25H29F2N5O3/c1-4-35-25(34)17-6-7-22(28-14-17)30-8-5-9-31(11-10-30)24(33)23(16(2)3)32-15-29-20-12-18(26)19(27)13-21(20)32/h6-7,12-16,23H,4-5,8-11H2,1-3H3. The van der Waals surface area contributed by atoms with Crippen molar-refractivity contribution in [2.45, 2.75) is 33.2 Å². The quantitative estimate of drug-likeness (QED) is 0.494. The predicted octanol–water partition coefficient (Wildman–Crippen LogP) is 3.82. The van der Waals surface area contributed by atoms with Crippen LogP contribution in [0.15, 0.2) is 36.8 Å². The summed E-state index contributed by atoms with van der Waals surface area (Å²) in [6.45, 7) is 8.23. The highest BCUT2D eigenvalue weighted by Gasteiger charge is 2.31. The minimum atomic E-state index is -0.971. The number of benzene rings is 1. The Morgan fingerprint density at radius 3 is 2.51 bits per heavy atom. The van der Waals surface area contributed by atoms with Gasteiger partial charge in [-0.1, -0.05) is 13.8 Å². The van der Waals surface area contributed by atoms with Crippen molar-refractivity contribution < 1.29 is 23.1 Å². The molecule has 4 rings (SSSR count). The summed E-state index contributed by atoms with van der Waals surface area (Å²) in [5.41, 5.74) is 1.09. The SMILES string of the molecule is CCOC(=O)c1ccc(N2CCCN(C(=O)C(C(C)C)n3cnc4cc(F)c(F)cc43)CC2)nc1. The van der Waals surface area contributed by atoms with E-state index in [9.17, 15) is 18.4 Å². The first-order chi connectivity index (χ1) is 16.8. The van der Waals surface area contributed by atoms with E-state index in [1.54, 1.807) is 23.6 Å². The first-order valence-corrected chi connectivity index (χ1v) is 11.8. The molecule has 1 unspecified atom stereocenters. The van der Waals surface area contributed by atoms with Crippen LogP contribution in [0, 0.1) is 17.6 Å². The highest BCUT2D eigenvalue weighted by Crippen LogP contribution is 2.28. The van der Waals surface area contributed by atoms with E-state index in [4.69, 9.17) is 4.74 Å². The van der Waals surface area contributed by atoms with Gasteiger partial charge < -0.3 is 19.1 Å². The summed E-state index contributed by atoms with van der Waals surface area (Å²) in [7, 11) is 0.